The Labute approximate surface area is 69.0 Å². The van der Waals surface area contributed by atoms with Gasteiger partial charge in [0.05, 0.1) is 0 Å². The summed E-state index contributed by atoms with van der Waals surface area (Å²) in [5.41, 5.74) is 3.09. The molecule has 0 spiro atoms. The van der Waals surface area contributed by atoms with Crippen molar-refractivity contribution in [1.29, 1.82) is 0 Å². The summed E-state index contributed by atoms with van der Waals surface area (Å²) >= 11 is 0. The molecule has 0 heterocycles. The average molecular weight is 207 g/mol. The average Bonchev–Trinajstić information content (AvgIpc) is 1.90. The molecule has 0 aliphatic carbocycles. The minimum Gasteiger partial charge on any atom is -0.324 e. The van der Waals surface area contributed by atoms with Crippen LogP contribution in [-0.4, -0.2) is 0 Å². The van der Waals surface area contributed by atoms with E-state index in [4.69, 9.17) is 5.84 Å². The third-order valence-electron chi connectivity index (χ3n) is 1.01. The molecule has 1 rings (SSSR count). The van der Waals surface area contributed by atoms with Crippen molar-refractivity contribution in [1.82, 2.24) is 0 Å². The molecule has 0 bridgehead atoms. The highest BCUT2D eigenvalue weighted by molar-refractivity contribution is 8.93. The number of nitrogens with one attached hydrogen (secondary N) is 1. The molecule has 0 saturated carbocycles. The predicted octanol–water partition coefficient (Wildman–Crippen LogP) is 1.69. The second-order valence-electron chi connectivity index (χ2n) is 1.65. The van der Waals surface area contributed by atoms with Crippen molar-refractivity contribution in [3.05, 3.63) is 30.1 Å². The summed E-state index contributed by atoms with van der Waals surface area (Å²) in [4.78, 5) is 0. The van der Waals surface area contributed by atoms with E-state index in [2.05, 4.69) is 5.43 Å². The molecule has 2 nitrogen and oxygen atoms in total. The van der Waals surface area contributed by atoms with Gasteiger partial charge in [-0.15, -0.1) is 17.0 Å². The first-order valence-corrected chi connectivity index (χ1v) is 2.55. The van der Waals surface area contributed by atoms with E-state index in [-0.39, 0.29) is 22.8 Å². The van der Waals surface area contributed by atoms with Gasteiger partial charge in [-0.2, -0.15) is 0 Å². The van der Waals surface area contributed by atoms with Crippen LogP contribution in [0, 0.1) is 5.82 Å². The van der Waals surface area contributed by atoms with Gasteiger partial charge in [0.1, 0.15) is 5.82 Å². The van der Waals surface area contributed by atoms with Crippen molar-refractivity contribution in [2.45, 2.75) is 0 Å². The molecule has 10 heavy (non-hydrogen) atoms. The zero-order valence-corrected chi connectivity index (χ0v) is 6.89. The molecule has 3 N–H and O–H groups in total. The van der Waals surface area contributed by atoms with Crippen molar-refractivity contribution in [2.75, 3.05) is 5.43 Å². The van der Waals surface area contributed by atoms with E-state index in [0.29, 0.717) is 5.69 Å². The number of halogens is 2. The lowest BCUT2D eigenvalue weighted by Crippen LogP contribution is -2.05. The zero-order valence-electron chi connectivity index (χ0n) is 5.17. The molecule has 1 aromatic rings. The lowest BCUT2D eigenvalue weighted by Gasteiger charge is -1.95. The Morgan fingerprint density at radius 3 is 2.10 bits per heavy atom. The largest absolute Gasteiger partial charge is 0.324 e. The summed E-state index contributed by atoms with van der Waals surface area (Å²) in [5.74, 6) is 4.77. The lowest BCUT2D eigenvalue weighted by molar-refractivity contribution is 0.628. The highest BCUT2D eigenvalue weighted by Gasteiger charge is 1.87. The number of hydrogen-bond donors (Lipinski definition) is 2. The van der Waals surface area contributed by atoms with E-state index in [1.54, 1.807) is 12.1 Å². The monoisotopic (exact) mass is 206 g/mol. The Hall–Kier alpha value is -0.610. The van der Waals surface area contributed by atoms with Crippen LogP contribution in [0.4, 0.5) is 10.1 Å². The maximum atomic E-state index is 12.2. The number of anilines is 1. The number of nitrogens with two attached hydrogens (primary N) is 1. The van der Waals surface area contributed by atoms with Crippen LogP contribution < -0.4 is 11.3 Å². The molecular formula is C6H8BrFN2. The molecule has 0 atom stereocenters. The molecule has 0 saturated heterocycles. The first-order valence-electron chi connectivity index (χ1n) is 2.55. The van der Waals surface area contributed by atoms with Gasteiger partial charge in [0.2, 0.25) is 0 Å². The van der Waals surface area contributed by atoms with Gasteiger partial charge in [0, 0.05) is 5.69 Å². The second kappa shape index (κ2) is 4.24. The number of benzene rings is 1. The second-order valence-corrected chi connectivity index (χ2v) is 1.65. The quantitative estimate of drug-likeness (QED) is 0.543. The molecule has 4 heteroatoms. The summed E-state index contributed by atoms with van der Waals surface area (Å²) < 4.78 is 12.2. The summed E-state index contributed by atoms with van der Waals surface area (Å²) in [5, 5.41) is 0. The van der Waals surface area contributed by atoms with E-state index in [9.17, 15) is 4.39 Å². The van der Waals surface area contributed by atoms with E-state index in [1.165, 1.54) is 12.1 Å². The maximum Gasteiger partial charge on any atom is 0.123 e. The van der Waals surface area contributed by atoms with Gasteiger partial charge in [-0.3, -0.25) is 5.84 Å². The van der Waals surface area contributed by atoms with Gasteiger partial charge in [0.15, 0.2) is 0 Å². The number of hydrogen-bond acceptors (Lipinski definition) is 2. The van der Waals surface area contributed by atoms with Gasteiger partial charge >= 0.3 is 0 Å². The van der Waals surface area contributed by atoms with Gasteiger partial charge in [-0.25, -0.2) is 4.39 Å². The summed E-state index contributed by atoms with van der Waals surface area (Å²) in [6.45, 7) is 0. The third kappa shape index (κ3) is 2.33. The van der Waals surface area contributed by atoms with Crippen LogP contribution in [0.2, 0.25) is 0 Å². The fraction of sp³-hybridized carbons (Fsp3) is 0. The van der Waals surface area contributed by atoms with E-state index in [0.717, 1.165) is 0 Å². The van der Waals surface area contributed by atoms with E-state index >= 15 is 0 Å². The normalized spacial score (nSPS) is 8.20. The standard InChI is InChI=1S/C6H7FN2.BrH/c7-5-1-3-6(9-8)4-2-5;/h1-4,9H,8H2;1H. The summed E-state index contributed by atoms with van der Waals surface area (Å²) in [7, 11) is 0. The lowest BCUT2D eigenvalue weighted by atomic mass is 10.3. The van der Waals surface area contributed by atoms with Crippen molar-refractivity contribution in [3.8, 4) is 0 Å². The van der Waals surface area contributed by atoms with E-state index in [1.807, 2.05) is 0 Å². The predicted molar refractivity (Wildman–Crippen MR) is 44.5 cm³/mol. The molecule has 0 fully saturated rings. The topological polar surface area (TPSA) is 38.0 Å². The highest BCUT2D eigenvalue weighted by atomic mass is 79.9. The first kappa shape index (κ1) is 9.39. The van der Waals surface area contributed by atoms with Crippen molar-refractivity contribution < 1.29 is 4.39 Å². The van der Waals surface area contributed by atoms with Gasteiger partial charge in [-0.1, -0.05) is 0 Å². The Morgan fingerprint density at radius 2 is 1.70 bits per heavy atom. The molecule has 0 aromatic heterocycles. The molecule has 0 amide bonds. The molecule has 0 aliphatic rings. The Morgan fingerprint density at radius 1 is 1.20 bits per heavy atom. The van der Waals surface area contributed by atoms with Crippen LogP contribution in [0.25, 0.3) is 0 Å². The van der Waals surface area contributed by atoms with Gasteiger partial charge in [0.25, 0.3) is 0 Å². The van der Waals surface area contributed by atoms with Crippen LogP contribution in [0.1, 0.15) is 0 Å². The van der Waals surface area contributed by atoms with Crippen molar-refractivity contribution in [2.24, 2.45) is 5.84 Å². The Balaban J connectivity index is 0.000000810. The summed E-state index contributed by atoms with van der Waals surface area (Å²) in [6, 6.07) is 5.81. The van der Waals surface area contributed by atoms with Crippen LogP contribution in [0.5, 0.6) is 0 Å². The summed E-state index contributed by atoms with van der Waals surface area (Å²) in [6.07, 6.45) is 0. The smallest absolute Gasteiger partial charge is 0.123 e. The zero-order chi connectivity index (χ0) is 6.69. The number of rotatable bonds is 1. The molecule has 56 valence electrons. The first-order chi connectivity index (χ1) is 4.33. The minimum absolute atomic E-state index is 0. The molecular weight excluding hydrogens is 199 g/mol. The number of hydrazine groups is 1. The van der Waals surface area contributed by atoms with Gasteiger partial charge < -0.3 is 5.43 Å². The van der Waals surface area contributed by atoms with Crippen LogP contribution in [-0.2, 0) is 0 Å². The van der Waals surface area contributed by atoms with Gasteiger partial charge in [-0.05, 0) is 24.3 Å². The van der Waals surface area contributed by atoms with Crippen LogP contribution in [0.3, 0.4) is 0 Å². The highest BCUT2D eigenvalue weighted by Crippen LogP contribution is 2.05. The van der Waals surface area contributed by atoms with E-state index < -0.39 is 0 Å². The Bertz CT molecular complexity index is 187. The minimum atomic E-state index is -0.256. The molecule has 0 unspecified atom stereocenters. The molecule has 1 aromatic carbocycles. The van der Waals surface area contributed by atoms with Crippen molar-refractivity contribution >= 4 is 22.7 Å². The Kier molecular flexibility index (Phi) is 3.99. The third-order valence-corrected chi connectivity index (χ3v) is 1.01. The fourth-order valence-electron chi connectivity index (χ4n) is 0.546. The SMILES string of the molecule is Br.NNc1ccc(F)cc1. The molecule has 0 aliphatic heterocycles. The van der Waals surface area contributed by atoms with Crippen LogP contribution in [0.15, 0.2) is 24.3 Å². The number of nitrogen functional groups attached to an aromatic ring is 1. The maximum absolute atomic E-state index is 12.2. The fourth-order valence-corrected chi connectivity index (χ4v) is 0.546. The van der Waals surface area contributed by atoms with Crippen LogP contribution >= 0.6 is 17.0 Å². The molecule has 0 radical (unpaired) electrons. The van der Waals surface area contributed by atoms with Crippen molar-refractivity contribution in [3.63, 3.8) is 0 Å².